The summed E-state index contributed by atoms with van der Waals surface area (Å²) in [5.74, 6) is -0.405. The normalized spacial score (nSPS) is 14.3. The van der Waals surface area contributed by atoms with Crippen LogP contribution in [-0.4, -0.2) is 61.1 Å². The van der Waals surface area contributed by atoms with Gasteiger partial charge in [0.15, 0.2) is 0 Å². The standard InChI is InChI=1S/C32H48N4O2S/c1-4-18-35(24-33-31(37)23-32(38)34-25-36-19-10-5-6-11-20-36)21-12-9-14-28-13-7-8-15-30(28)39-29-17-16-26(2)22-27(29)3/h7-8,13,15-17,22H,4-6,9-12,14,18-21,23-25H2,1-3H3,(H,33,37)(H,34,38). The van der Waals surface area contributed by atoms with Gasteiger partial charge in [-0.2, -0.15) is 0 Å². The predicted octanol–water partition coefficient (Wildman–Crippen LogP) is 5.90. The van der Waals surface area contributed by atoms with E-state index < -0.39 is 0 Å². The number of unbranched alkanes of at least 4 members (excludes halogenated alkanes) is 1. The summed E-state index contributed by atoms with van der Waals surface area (Å²) in [4.78, 5) is 31.9. The summed E-state index contributed by atoms with van der Waals surface area (Å²) in [5, 5.41) is 5.88. The van der Waals surface area contributed by atoms with E-state index >= 15 is 0 Å². The van der Waals surface area contributed by atoms with Gasteiger partial charge in [0.25, 0.3) is 0 Å². The Balaban J connectivity index is 1.37. The van der Waals surface area contributed by atoms with Crippen LogP contribution in [0.1, 0.15) is 75.0 Å². The third-order valence-corrected chi connectivity index (χ3v) is 8.55. The van der Waals surface area contributed by atoms with Crippen molar-refractivity contribution < 1.29 is 9.59 Å². The summed E-state index contributed by atoms with van der Waals surface area (Å²) in [6, 6.07) is 15.4. The molecule has 2 amide bonds. The SMILES string of the molecule is CCCN(CCCCc1ccccc1Sc1ccc(C)cc1C)CNC(=O)CC(=O)NCN1CCCCCC1. The molecule has 39 heavy (non-hydrogen) atoms. The van der Waals surface area contributed by atoms with Gasteiger partial charge in [-0.05, 0) is 102 Å². The van der Waals surface area contributed by atoms with Gasteiger partial charge < -0.3 is 10.6 Å². The molecule has 1 heterocycles. The van der Waals surface area contributed by atoms with E-state index in [0.29, 0.717) is 13.3 Å². The molecule has 0 aliphatic carbocycles. The van der Waals surface area contributed by atoms with E-state index in [1.807, 2.05) is 11.8 Å². The zero-order chi connectivity index (χ0) is 27.9. The van der Waals surface area contributed by atoms with Gasteiger partial charge in [-0.25, -0.2) is 0 Å². The number of benzene rings is 2. The lowest BCUT2D eigenvalue weighted by Gasteiger charge is -2.22. The lowest BCUT2D eigenvalue weighted by atomic mass is 10.1. The number of nitrogens with zero attached hydrogens (tertiary/aromatic N) is 2. The van der Waals surface area contributed by atoms with E-state index in [1.165, 1.54) is 52.2 Å². The van der Waals surface area contributed by atoms with Crippen LogP contribution in [0.25, 0.3) is 0 Å². The molecule has 214 valence electrons. The molecule has 2 N–H and O–H groups in total. The molecule has 0 atom stereocenters. The molecule has 0 radical (unpaired) electrons. The second-order valence-corrected chi connectivity index (χ2v) is 11.9. The van der Waals surface area contributed by atoms with E-state index in [1.54, 1.807) is 0 Å². The van der Waals surface area contributed by atoms with Crippen molar-refractivity contribution in [2.45, 2.75) is 88.3 Å². The molecule has 0 aromatic heterocycles. The minimum absolute atomic E-state index is 0.108. The molecular formula is C32H48N4O2S. The second kappa shape index (κ2) is 17.4. The molecule has 0 bridgehead atoms. The molecule has 2 aromatic carbocycles. The Morgan fingerprint density at radius 3 is 2.38 bits per heavy atom. The van der Waals surface area contributed by atoms with Crippen LogP contribution in [0.4, 0.5) is 0 Å². The molecule has 1 aliphatic heterocycles. The molecule has 0 spiro atoms. The van der Waals surface area contributed by atoms with Crippen LogP contribution in [0.3, 0.4) is 0 Å². The number of likely N-dealkylation sites (tertiary alicyclic amines) is 1. The number of hydrogen-bond acceptors (Lipinski definition) is 5. The number of hydrogen-bond donors (Lipinski definition) is 2. The Hall–Kier alpha value is -2.35. The van der Waals surface area contributed by atoms with Gasteiger partial charge in [0.05, 0.1) is 13.3 Å². The van der Waals surface area contributed by atoms with Gasteiger partial charge in [0, 0.05) is 9.79 Å². The van der Waals surface area contributed by atoms with Crippen molar-refractivity contribution in [1.82, 2.24) is 20.4 Å². The van der Waals surface area contributed by atoms with Crippen LogP contribution in [0, 0.1) is 13.8 Å². The van der Waals surface area contributed by atoms with Crippen LogP contribution in [0.2, 0.25) is 0 Å². The van der Waals surface area contributed by atoms with E-state index in [-0.39, 0.29) is 18.2 Å². The first kappa shape index (κ1) is 31.2. The van der Waals surface area contributed by atoms with Gasteiger partial charge in [0.2, 0.25) is 11.8 Å². The van der Waals surface area contributed by atoms with Crippen molar-refractivity contribution in [1.29, 1.82) is 0 Å². The molecule has 1 fully saturated rings. The maximum atomic E-state index is 12.4. The van der Waals surface area contributed by atoms with E-state index in [9.17, 15) is 9.59 Å². The quantitative estimate of drug-likeness (QED) is 0.164. The van der Waals surface area contributed by atoms with Crippen LogP contribution < -0.4 is 10.6 Å². The largest absolute Gasteiger partial charge is 0.343 e. The number of amides is 2. The Morgan fingerprint density at radius 1 is 0.897 bits per heavy atom. The van der Waals surface area contributed by atoms with Crippen molar-refractivity contribution in [2.75, 3.05) is 39.5 Å². The third-order valence-electron chi connectivity index (χ3n) is 7.25. The molecule has 1 aliphatic rings. The van der Waals surface area contributed by atoms with Gasteiger partial charge in [0.1, 0.15) is 6.42 Å². The van der Waals surface area contributed by atoms with Gasteiger partial charge in [-0.3, -0.25) is 19.4 Å². The summed E-state index contributed by atoms with van der Waals surface area (Å²) in [6.07, 6.45) is 9.01. The van der Waals surface area contributed by atoms with Crippen LogP contribution in [-0.2, 0) is 16.0 Å². The first-order valence-corrected chi connectivity index (χ1v) is 15.6. The first-order valence-electron chi connectivity index (χ1n) is 14.8. The zero-order valence-electron chi connectivity index (χ0n) is 24.3. The monoisotopic (exact) mass is 552 g/mol. The van der Waals surface area contributed by atoms with Crippen molar-refractivity contribution in [3.05, 3.63) is 59.2 Å². The van der Waals surface area contributed by atoms with Crippen LogP contribution in [0.15, 0.2) is 52.3 Å². The minimum atomic E-state index is -0.207. The fourth-order valence-corrected chi connectivity index (χ4v) is 6.09. The highest BCUT2D eigenvalue weighted by Crippen LogP contribution is 2.33. The summed E-state index contributed by atoms with van der Waals surface area (Å²) in [6.45, 7) is 11.4. The molecular weight excluding hydrogens is 504 g/mol. The predicted molar refractivity (Wildman–Crippen MR) is 162 cm³/mol. The molecule has 6 nitrogen and oxygen atoms in total. The minimum Gasteiger partial charge on any atom is -0.343 e. The first-order chi connectivity index (χ1) is 18.9. The molecule has 3 rings (SSSR count). The average molecular weight is 553 g/mol. The number of carbonyl (C=O) groups is 2. The van der Waals surface area contributed by atoms with Gasteiger partial charge in [-0.1, -0.05) is 67.4 Å². The van der Waals surface area contributed by atoms with Gasteiger partial charge >= 0.3 is 0 Å². The highest BCUT2D eigenvalue weighted by Gasteiger charge is 2.14. The van der Waals surface area contributed by atoms with E-state index in [0.717, 1.165) is 51.9 Å². The zero-order valence-corrected chi connectivity index (χ0v) is 25.1. The lowest BCUT2D eigenvalue weighted by molar-refractivity contribution is -0.130. The van der Waals surface area contributed by atoms with Crippen molar-refractivity contribution in [3.63, 3.8) is 0 Å². The van der Waals surface area contributed by atoms with Crippen molar-refractivity contribution >= 4 is 23.6 Å². The van der Waals surface area contributed by atoms with Gasteiger partial charge in [-0.15, -0.1) is 0 Å². The summed E-state index contributed by atoms with van der Waals surface area (Å²) in [7, 11) is 0. The number of aryl methyl sites for hydroxylation is 3. The molecule has 1 saturated heterocycles. The number of rotatable bonds is 15. The number of nitrogens with one attached hydrogen (secondary N) is 2. The smallest absolute Gasteiger partial charge is 0.230 e. The summed E-state index contributed by atoms with van der Waals surface area (Å²) in [5.41, 5.74) is 4.01. The average Bonchev–Trinajstić information content (AvgIpc) is 3.20. The maximum Gasteiger partial charge on any atom is 0.230 e. The topological polar surface area (TPSA) is 64.7 Å². The van der Waals surface area contributed by atoms with Crippen LogP contribution in [0.5, 0.6) is 0 Å². The molecule has 2 aromatic rings. The molecule has 0 saturated carbocycles. The lowest BCUT2D eigenvalue weighted by Crippen LogP contribution is -2.42. The summed E-state index contributed by atoms with van der Waals surface area (Å²) < 4.78 is 0. The Kier molecular flexibility index (Phi) is 13.9. The number of carbonyl (C=O) groups excluding carboxylic acids is 2. The Morgan fingerprint density at radius 2 is 1.64 bits per heavy atom. The Labute approximate surface area is 240 Å². The maximum absolute atomic E-state index is 12.4. The molecule has 0 unspecified atom stereocenters. The Bertz CT molecular complexity index is 1040. The second-order valence-electron chi connectivity index (χ2n) is 10.8. The van der Waals surface area contributed by atoms with E-state index in [2.05, 4.69) is 83.7 Å². The highest BCUT2D eigenvalue weighted by atomic mass is 32.2. The fraction of sp³-hybridized carbons (Fsp3) is 0.562. The molecule has 7 heteroatoms. The van der Waals surface area contributed by atoms with E-state index in [4.69, 9.17) is 0 Å². The van der Waals surface area contributed by atoms with Crippen molar-refractivity contribution in [2.24, 2.45) is 0 Å². The van der Waals surface area contributed by atoms with Crippen molar-refractivity contribution in [3.8, 4) is 0 Å². The van der Waals surface area contributed by atoms with Crippen LogP contribution >= 0.6 is 11.8 Å². The third kappa shape index (κ3) is 11.7. The summed E-state index contributed by atoms with van der Waals surface area (Å²) >= 11 is 1.86. The highest BCUT2D eigenvalue weighted by molar-refractivity contribution is 7.99. The fourth-order valence-electron chi connectivity index (χ4n) is 5.04.